The first kappa shape index (κ1) is 12.4. The van der Waals surface area contributed by atoms with E-state index in [0.717, 1.165) is 12.8 Å². The molecule has 1 rings (SSSR count). The Morgan fingerprint density at radius 2 is 2.07 bits per heavy atom. The molecule has 0 aliphatic heterocycles. The number of rotatable bonds is 5. The molecule has 15 heavy (non-hydrogen) atoms. The summed E-state index contributed by atoms with van der Waals surface area (Å²) in [7, 11) is -3.02. The van der Waals surface area contributed by atoms with Crippen molar-refractivity contribution in [1.29, 1.82) is 0 Å². The summed E-state index contributed by atoms with van der Waals surface area (Å²) in [4.78, 5) is 13.3. The molecule has 0 saturated heterocycles. The van der Waals surface area contributed by atoms with Crippen LogP contribution in [-0.4, -0.2) is 49.9 Å². The first-order chi connectivity index (χ1) is 6.81. The molecule has 0 radical (unpaired) electrons. The van der Waals surface area contributed by atoms with E-state index in [4.69, 9.17) is 5.73 Å². The molecule has 0 heterocycles. The van der Waals surface area contributed by atoms with Crippen molar-refractivity contribution in [2.75, 3.05) is 18.6 Å². The van der Waals surface area contributed by atoms with Gasteiger partial charge in [-0.05, 0) is 19.8 Å². The van der Waals surface area contributed by atoms with Crippen molar-refractivity contribution in [3.63, 3.8) is 0 Å². The van der Waals surface area contributed by atoms with Gasteiger partial charge < -0.3 is 10.6 Å². The molecule has 0 spiro atoms. The van der Waals surface area contributed by atoms with Crippen LogP contribution in [0.3, 0.4) is 0 Å². The zero-order valence-electron chi connectivity index (χ0n) is 9.14. The van der Waals surface area contributed by atoms with Crippen LogP contribution in [-0.2, 0) is 14.6 Å². The maximum atomic E-state index is 11.6. The van der Waals surface area contributed by atoms with Crippen molar-refractivity contribution < 1.29 is 13.2 Å². The Kier molecular flexibility index (Phi) is 3.72. The summed E-state index contributed by atoms with van der Waals surface area (Å²) in [6, 6.07) is -0.338. The minimum atomic E-state index is -3.02. The van der Waals surface area contributed by atoms with Crippen LogP contribution in [0, 0.1) is 0 Å². The lowest BCUT2D eigenvalue weighted by molar-refractivity contribution is -0.132. The Balaban J connectivity index is 2.55. The predicted molar refractivity (Wildman–Crippen MR) is 58.1 cm³/mol. The molecule has 0 bridgehead atoms. The smallest absolute Gasteiger partial charge is 0.239 e. The standard InChI is InChI=1S/C9H18N2O3S/c1-7(10)9(12)11(8-3-4-8)5-6-15(2,13)14/h7-8H,3-6,10H2,1-2H3/t7-/m1/s1. The lowest BCUT2D eigenvalue weighted by atomic mass is 10.3. The van der Waals surface area contributed by atoms with Gasteiger partial charge in [0.15, 0.2) is 0 Å². The summed E-state index contributed by atoms with van der Waals surface area (Å²) in [5, 5.41) is 0. The minimum Gasteiger partial charge on any atom is -0.337 e. The van der Waals surface area contributed by atoms with Crippen LogP contribution in [0.5, 0.6) is 0 Å². The maximum absolute atomic E-state index is 11.6. The molecular formula is C9H18N2O3S. The van der Waals surface area contributed by atoms with Crippen molar-refractivity contribution in [3.8, 4) is 0 Å². The summed E-state index contributed by atoms with van der Waals surface area (Å²) >= 11 is 0. The molecule has 0 unspecified atom stereocenters. The molecule has 1 atom stereocenters. The van der Waals surface area contributed by atoms with Crippen LogP contribution >= 0.6 is 0 Å². The second-order valence-corrected chi connectivity index (χ2v) is 6.44. The summed E-state index contributed by atoms with van der Waals surface area (Å²) in [5.41, 5.74) is 5.50. The van der Waals surface area contributed by atoms with Gasteiger partial charge in [-0.25, -0.2) is 8.42 Å². The molecular weight excluding hydrogens is 216 g/mol. The van der Waals surface area contributed by atoms with E-state index in [-0.39, 0.29) is 24.2 Å². The van der Waals surface area contributed by atoms with Gasteiger partial charge in [0.25, 0.3) is 0 Å². The third-order valence-corrected chi connectivity index (χ3v) is 3.29. The highest BCUT2D eigenvalue weighted by Gasteiger charge is 2.33. The van der Waals surface area contributed by atoms with Crippen molar-refractivity contribution >= 4 is 15.7 Å². The molecule has 0 aromatic rings. The largest absolute Gasteiger partial charge is 0.337 e. The molecule has 2 N–H and O–H groups in total. The highest BCUT2D eigenvalue weighted by molar-refractivity contribution is 7.90. The number of sulfone groups is 1. The van der Waals surface area contributed by atoms with Gasteiger partial charge in [-0.15, -0.1) is 0 Å². The summed E-state index contributed by atoms with van der Waals surface area (Å²) < 4.78 is 22.0. The van der Waals surface area contributed by atoms with E-state index < -0.39 is 15.9 Å². The Morgan fingerprint density at radius 1 is 1.53 bits per heavy atom. The Labute approximate surface area is 90.5 Å². The number of nitrogens with zero attached hydrogens (tertiary/aromatic N) is 1. The quantitative estimate of drug-likeness (QED) is 0.686. The number of carbonyl (C=O) groups excluding carboxylic acids is 1. The van der Waals surface area contributed by atoms with E-state index >= 15 is 0 Å². The van der Waals surface area contributed by atoms with E-state index in [1.807, 2.05) is 0 Å². The van der Waals surface area contributed by atoms with Gasteiger partial charge in [-0.2, -0.15) is 0 Å². The van der Waals surface area contributed by atoms with E-state index in [0.29, 0.717) is 0 Å². The number of amides is 1. The molecule has 1 aliphatic rings. The van der Waals surface area contributed by atoms with Crippen LogP contribution in [0.1, 0.15) is 19.8 Å². The zero-order chi connectivity index (χ0) is 11.6. The van der Waals surface area contributed by atoms with Gasteiger partial charge in [-0.3, -0.25) is 4.79 Å². The van der Waals surface area contributed by atoms with Crippen LogP contribution in [0.2, 0.25) is 0 Å². The van der Waals surface area contributed by atoms with Crippen LogP contribution in [0.25, 0.3) is 0 Å². The summed E-state index contributed by atoms with van der Waals surface area (Å²) in [6.07, 6.45) is 3.10. The van der Waals surface area contributed by atoms with Crippen LogP contribution < -0.4 is 5.73 Å². The first-order valence-corrected chi connectivity index (χ1v) is 7.11. The second-order valence-electron chi connectivity index (χ2n) is 4.18. The van der Waals surface area contributed by atoms with Gasteiger partial charge in [0, 0.05) is 18.8 Å². The molecule has 1 fully saturated rings. The predicted octanol–water partition coefficient (Wildman–Crippen LogP) is -0.631. The molecule has 0 aromatic heterocycles. The maximum Gasteiger partial charge on any atom is 0.239 e. The fourth-order valence-corrected chi connectivity index (χ4v) is 1.91. The SMILES string of the molecule is C[C@@H](N)C(=O)N(CCS(C)(=O)=O)C1CC1. The van der Waals surface area contributed by atoms with Crippen molar-refractivity contribution in [3.05, 3.63) is 0 Å². The highest BCUT2D eigenvalue weighted by Crippen LogP contribution is 2.27. The van der Waals surface area contributed by atoms with Gasteiger partial charge in [-0.1, -0.05) is 0 Å². The Morgan fingerprint density at radius 3 is 2.40 bits per heavy atom. The van der Waals surface area contributed by atoms with Gasteiger partial charge >= 0.3 is 0 Å². The topological polar surface area (TPSA) is 80.5 Å². The molecule has 5 nitrogen and oxygen atoms in total. The van der Waals surface area contributed by atoms with E-state index in [2.05, 4.69) is 0 Å². The zero-order valence-corrected chi connectivity index (χ0v) is 9.96. The van der Waals surface area contributed by atoms with Crippen molar-refractivity contribution in [1.82, 2.24) is 4.90 Å². The lowest BCUT2D eigenvalue weighted by Crippen LogP contribution is -2.45. The molecule has 1 saturated carbocycles. The van der Waals surface area contributed by atoms with Crippen molar-refractivity contribution in [2.45, 2.75) is 31.8 Å². The fraction of sp³-hybridized carbons (Fsp3) is 0.889. The Hall–Kier alpha value is -0.620. The normalized spacial score (nSPS) is 18.6. The molecule has 88 valence electrons. The fourth-order valence-electron chi connectivity index (χ4n) is 1.38. The summed E-state index contributed by atoms with van der Waals surface area (Å²) in [6.45, 7) is 1.89. The first-order valence-electron chi connectivity index (χ1n) is 5.05. The lowest BCUT2D eigenvalue weighted by Gasteiger charge is -2.23. The highest BCUT2D eigenvalue weighted by atomic mass is 32.2. The number of hydrogen-bond donors (Lipinski definition) is 1. The molecule has 0 aromatic carbocycles. The van der Waals surface area contributed by atoms with Gasteiger partial charge in [0.05, 0.1) is 11.8 Å². The summed E-state index contributed by atoms with van der Waals surface area (Å²) in [5.74, 6) is -0.136. The second kappa shape index (κ2) is 4.49. The van der Waals surface area contributed by atoms with E-state index in [1.165, 1.54) is 6.26 Å². The van der Waals surface area contributed by atoms with Crippen LogP contribution in [0.15, 0.2) is 0 Å². The van der Waals surface area contributed by atoms with Crippen molar-refractivity contribution in [2.24, 2.45) is 5.73 Å². The van der Waals surface area contributed by atoms with Gasteiger partial charge in [0.2, 0.25) is 5.91 Å². The van der Waals surface area contributed by atoms with E-state index in [9.17, 15) is 13.2 Å². The molecule has 1 amide bonds. The third-order valence-electron chi connectivity index (χ3n) is 2.36. The number of nitrogens with two attached hydrogens (primary N) is 1. The van der Waals surface area contributed by atoms with Gasteiger partial charge in [0.1, 0.15) is 9.84 Å². The van der Waals surface area contributed by atoms with E-state index in [1.54, 1.807) is 11.8 Å². The molecule has 1 aliphatic carbocycles. The third kappa shape index (κ3) is 4.17. The number of carbonyl (C=O) groups is 1. The average Bonchev–Trinajstić information content (AvgIpc) is 2.85. The monoisotopic (exact) mass is 234 g/mol. The Bertz CT molecular complexity index is 333. The van der Waals surface area contributed by atoms with Crippen LogP contribution in [0.4, 0.5) is 0 Å². The molecule has 6 heteroatoms. The number of hydrogen-bond acceptors (Lipinski definition) is 4. The minimum absolute atomic E-state index is 0.0158. The average molecular weight is 234 g/mol.